The number of unbranched alkanes of at least 4 members (excludes halogenated alkanes) is 8. The van der Waals surface area contributed by atoms with Gasteiger partial charge in [0.25, 0.3) is 0 Å². The Morgan fingerprint density at radius 3 is 2.08 bits per heavy atom. The lowest BCUT2D eigenvalue weighted by atomic mass is 10.1. The molecule has 4 nitrogen and oxygen atoms in total. The van der Waals surface area contributed by atoms with Gasteiger partial charge in [-0.05, 0) is 44.2 Å². The van der Waals surface area contributed by atoms with Crippen LogP contribution in [0.15, 0.2) is 36.4 Å². The minimum Gasteiger partial charge on any atom is -0.478 e. The second kappa shape index (κ2) is 14.1. The molecule has 0 aromatic heterocycles. The fraction of sp³-hybridized carbons (Fsp3) is 0.545. The number of carboxylic acid groups (broad SMARTS) is 1. The van der Waals surface area contributed by atoms with E-state index in [-0.39, 0.29) is 11.1 Å². The average Bonchev–Trinajstić information content (AvgIpc) is 2.65. The first kappa shape index (κ1) is 21.9. The molecule has 0 heterocycles. The summed E-state index contributed by atoms with van der Waals surface area (Å²) in [6, 6.07) is 6.14. The first-order valence-electron chi connectivity index (χ1n) is 9.81. The summed E-state index contributed by atoms with van der Waals surface area (Å²) in [7, 11) is 0. The van der Waals surface area contributed by atoms with Crippen molar-refractivity contribution in [1.82, 2.24) is 0 Å². The third-order valence-corrected chi connectivity index (χ3v) is 4.27. The third kappa shape index (κ3) is 9.40. The Balaban J connectivity index is 2.06. The molecule has 0 fully saturated rings. The lowest BCUT2D eigenvalue weighted by molar-refractivity contribution is 0.0487. The number of carbonyl (C=O) groups excluding carboxylic acids is 1. The number of rotatable bonds is 14. The van der Waals surface area contributed by atoms with Gasteiger partial charge in [0, 0.05) is 0 Å². The number of aromatic carboxylic acids is 1. The highest BCUT2D eigenvalue weighted by atomic mass is 16.5. The summed E-state index contributed by atoms with van der Waals surface area (Å²) < 4.78 is 5.19. The van der Waals surface area contributed by atoms with Crippen LogP contribution in [0.4, 0.5) is 0 Å². The summed E-state index contributed by atoms with van der Waals surface area (Å²) in [6.45, 7) is 2.56. The number of hydrogen-bond acceptors (Lipinski definition) is 3. The minimum atomic E-state index is -1.11. The van der Waals surface area contributed by atoms with Crippen molar-refractivity contribution in [1.29, 1.82) is 0 Å². The predicted octanol–water partition coefficient (Wildman–Crippen LogP) is 6.02. The van der Waals surface area contributed by atoms with Crippen molar-refractivity contribution < 1.29 is 19.4 Å². The van der Waals surface area contributed by atoms with Crippen molar-refractivity contribution in [3.8, 4) is 0 Å². The first-order chi connectivity index (χ1) is 12.7. The van der Waals surface area contributed by atoms with Crippen molar-refractivity contribution >= 4 is 11.9 Å². The minimum absolute atomic E-state index is 0.0148. The van der Waals surface area contributed by atoms with E-state index >= 15 is 0 Å². The normalized spacial score (nSPS) is 11.0. The number of hydrogen-bond donors (Lipinski definition) is 1. The maximum absolute atomic E-state index is 12.0. The van der Waals surface area contributed by atoms with Gasteiger partial charge in [-0.15, -0.1) is 0 Å². The Labute approximate surface area is 157 Å². The molecule has 0 bridgehead atoms. The molecule has 1 aromatic carbocycles. The molecule has 0 atom stereocenters. The van der Waals surface area contributed by atoms with Gasteiger partial charge in [0.1, 0.15) is 0 Å². The summed E-state index contributed by atoms with van der Waals surface area (Å²) in [5.41, 5.74) is 0.100. The van der Waals surface area contributed by atoms with Crippen LogP contribution in [0.3, 0.4) is 0 Å². The molecule has 0 saturated heterocycles. The third-order valence-electron chi connectivity index (χ3n) is 4.27. The Hall–Kier alpha value is -2.10. The summed E-state index contributed by atoms with van der Waals surface area (Å²) >= 11 is 0. The fourth-order valence-corrected chi connectivity index (χ4v) is 2.73. The van der Waals surface area contributed by atoms with E-state index in [1.54, 1.807) is 12.1 Å². The van der Waals surface area contributed by atoms with Gasteiger partial charge < -0.3 is 9.84 Å². The molecule has 1 N–H and O–H groups in total. The van der Waals surface area contributed by atoms with Crippen LogP contribution in [-0.4, -0.2) is 23.7 Å². The van der Waals surface area contributed by atoms with E-state index in [2.05, 4.69) is 19.1 Å². The van der Waals surface area contributed by atoms with Crippen LogP contribution in [0.1, 0.15) is 91.8 Å². The monoisotopic (exact) mass is 360 g/mol. The largest absolute Gasteiger partial charge is 0.478 e. The smallest absolute Gasteiger partial charge is 0.339 e. The van der Waals surface area contributed by atoms with E-state index in [4.69, 9.17) is 9.84 Å². The molecule has 0 radical (unpaired) electrons. The van der Waals surface area contributed by atoms with Gasteiger partial charge in [-0.25, -0.2) is 9.59 Å². The second-order valence-electron chi connectivity index (χ2n) is 6.51. The average molecular weight is 360 g/mol. The Kier molecular flexibility index (Phi) is 11.9. The van der Waals surface area contributed by atoms with Crippen LogP contribution in [0.25, 0.3) is 0 Å². The van der Waals surface area contributed by atoms with Crippen molar-refractivity contribution in [2.24, 2.45) is 0 Å². The standard InChI is InChI=1S/C22H32O4/c1-2-3-4-5-6-7-8-9-10-11-12-15-18-26-22(25)20-17-14-13-16-19(20)21(23)24/h7-8,13-14,16-17H,2-6,9-12,15,18H2,1H3,(H,23,24)/b8-7+. The maximum atomic E-state index is 12.0. The van der Waals surface area contributed by atoms with Crippen molar-refractivity contribution in [2.45, 2.75) is 71.1 Å². The molecule has 4 heteroatoms. The summed E-state index contributed by atoms with van der Waals surface area (Å²) in [5, 5.41) is 9.09. The zero-order valence-electron chi connectivity index (χ0n) is 15.9. The topological polar surface area (TPSA) is 63.6 Å². The van der Waals surface area contributed by atoms with Crippen molar-refractivity contribution in [3.05, 3.63) is 47.5 Å². The molecular formula is C22H32O4. The van der Waals surface area contributed by atoms with Crippen LogP contribution in [0.5, 0.6) is 0 Å². The van der Waals surface area contributed by atoms with Crippen molar-refractivity contribution in [3.63, 3.8) is 0 Å². The number of esters is 1. The molecule has 1 aromatic rings. The van der Waals surface area contributed by atoms with E-state index in [9.17, 15) is 9.59 Å². The molecule has 0 spiro atoms. The van der Waals surface area contributed by atoms with Gasteiger partial charge in [0.05, 0.1) is 17.7 Å². The van der Waals surface area contributed by atoms with E-state index in [0.29, 0.717) is 6.61 Å². The molecule has 0 amide bonds. The van der Waals surface area contributed by atoms with Gasteiger partial charge in [0.15, 0.2) is 0 Å². The molecule has 0 aliphatic rings. The molecular weight excluding hydrogens is 328 g/mol. The van der Waals surface area contributed by atoms with Crippen LogP contribution < -0.4 is 0 Å². The van der Waals surface area contributed by atoms with Gasteiger partial charge in [-0.3, -0.25) is 0 Å². The van der Waals surface area contributed by atoms with Crippen LogP contribution >= 0.6 is 0 Å². The number of benzene rings is 1. The zero-order valence-corrected chi connectivity index (χ0v) is 15.9. The van der Waals surface area contributed by atoms with Crippen molar-refractivity contribution in [2.75, 3.05) is 6.61 Å². The molecule has 144 valence electrons. The predicted molar refractivity (Wildman–Crippen MR) is 105 cm³/mol. The van der Waals surface area contributed by atoms with Crippen LogP contribution in [0, 0.1) is 0 Å². The quantitative estimate of drug-likeness (QED) is 0.250. The van der Waals surface area contributed by atoms with Gasteiger partial charge >= 0.3 is 11.9 Å². The summed E-state index contributed by atoms with van der Waals surface area (Å²) in [6.07, 6.45) is 16.2. The Bertz CT molecular complexity index is 563. The highest BCUT2D eigenvalue weighted by molar-refractivity contribution is 6.02. The Morgan fingerprint density at radius 2 is 1.46 bits per heavy atom. The zero-order chi connectivity index (χ0) is 19.0. The van der Waals surface area contributed by atoms with Gasteiger partial charge in [-0.2, -0.15) is 0 Å². The molecule has 26 heavy (non-hydrogen) atoms. The number of carboxylic acids is 1. The number of allylic oxidation sites excluding steroid dienone is 2. The van der Waals surface area contributed by atoms with E-state index in [1.807, 2.05) is 0 Å². The number of ether oxygens (including phenoxy) is 1. The number of carbonyl (C=O) groups is 2. The highest BCUT2D eigenvalue weighted by Crippen LogP contribution is 2.11. The van der Waals surface area contributed by atoms with Gasteiger partial charge in [0.2, 0.25) is 0 Å². The van der Waals surface area contributed by atoms with Crippen LogP contribution in [-0.2, 0) is 4.74 Å². The van der Waals surface area contributed by atoms with Crippen LogP contribution in [0.2, 0.25) is 0 Å². The lowest BCUT2D eigenvalue weighted by Crippen LogP contribution is -2.12. The summed E-state index contributed by atoms with van der Waals surface area (Å²) in [4.78, 5) is 23.1. The van der Waals surface area contributed by atoms with Gasteiger partial charge in [-0.1, -0.05) is 63.3 Å². The van der Waals surface area contributed by atoms with E-state index in [0.717, 1.165) is 32.1 Å². The maximum Gasteiger partial charge on any atom is 0.339 e. The molecule has 1 rings (SSSR count). The molecule has 0 unspecified atom stereocenters. The van der Waals surface area contributed by atoms with E-state index < -0.39 is 11.9 Å². The Morgan fingerprint density at radius 1 is 0.885 bits per heavy atom. The highest BCUT2D eigenvalue weighted by Gasteiger charge is 2.16. The molecule has 0 aliphatic heterocycles. The second-order valence-corrected chi connectivity index (χ2v) is 6.51. The molecule has 0 aliphatic carbocycles. The first-order valence-corrected chi connectivity index (χ1v) is 9.81. The lowest BCUT2D eigenvalue weighted by Gasteiger charge is -2.07. The fourth-order valence-electron chi connectivity index (χ4n) is 2.73. The van der Waals surface area contributed by atoms with E-state index in [1.165, 1.54) is 44.2 Å². The summed E-state index contributed by atoms with van der Waals surface area (Å²) in [5.74, 6) is -1.68. The SMILES string of the molecule is CCCCCC/C=C/CCCCCCOC(=O)c1ccccc1C(=O)O. The molecule has 0 saturated carbocycles.